The summed E-state index contributed by atoms with van der Waals surface area (Å²) in [7, 11) is -1.82. The highest BCUT2D eigenvalue weighted by molar-refractivity contribution is 6.69. The van der Waals surface area contributed by atoms with Crippen LogP contribution in [0.5, 0.6) is 0 Å². The van der Waals surface area contributed by atoms with Gasteiger partial charge in [0.25, 0.3) is 0 Å². The highest BCUT2D eigenvalue weighted by Crippen LogP contribution is 2.68. The predicted molar refractivity (Wildman–Crippen MR) is 120 cm³/mol. The minimum absolute atomic E-state index is 0.0418. The van der Waals surface area contributed by atoms with Crippen molar-refractivity contribution in [2.75, 3.05) is 0 Å². The number of carbonyl (C=O) groups is 1. The van der Waals surface area contributed by atoms with Crippen molar-refractivity contribution in [2.24, 2.45) is 28.6 Å². The maximum atomic E-state index is 11.5. The molecule has 0 aromatic rings. The molecule has 0 bridgehead atoms. The van der Waals surface area contributed by atoms with Gasteiger partial charge in [0.15, 0.2) is 8.32 Å². The topological polar surface area (TPSA) is 59.3 Å². The first-order valence-electron chi connectivity index (χ1n) is 11.9. The monoisotopic (exact) mass is 429 g/mol. The summed E-state index contributed by atoms with van der Waals surface area (Å²) in [5.74, 6) is 1.72. The average molecular weight is 430 g/mol. The summed E-state index contributed by atoms with van der Waals surface area (Å²) in [5, 5.41) is 10.3. The average Bonchev–Trinajstić information content (AvgIpc) is 2.93. The minimum atomic E-state index is -1.82. The first-order valence-corrected chi connectivity index (χ1v) is 15.3. The van der Waals surface area contributed by atoms with Crippen LogP contribution in [0.25, 0.3) is 0 Å². The number of nitrogens with zero attached hydrogens (tertiary/aromatic N) is 1. The van der Waals surface area contributed by atoms with Crippen LogP contribution in [0.4, 0.5) is 0 Å². The second kappa shape index (κ2) is 7.20. The van der Waals surface area contributed by atoms with Gasteiger partial charge in [0, 0.05) is 18.8 Å². The highest BCUT2D eigenvalue weighted by Gasteiger charge is 2.65. The van der Waals surface area contributed by atoms with Crippen LogP contribution in [0.1, 0.15) is 72.1 Å². The molecule has 0 aromatic carbocycles. The fourth-order valence-electron chi connectivity index (χ4n) is 7.86. The molecule has 4 aliphatic carbocycles. The van der Waals surface area contributed by atoms with Crippen LogP contribution < -0.4 is 0 Å². The summed E-state index contributed by atoms with van der Waals surface area (Å²) in [6.45, 7) is 13.0. The number of allylic oxidation sites excluding steroid dienone is 1. The Bertz CT molecular complexity index is 795. The molecule has 0 aromatic heterocycles. The second-order valence-corrected chi connectivity index (χ2v) is 16.3. The Kier molecular flexibility index (Phi) is 5.30. The lowest BCUT2D eigenvalue weighted by atomic mass is 9.47. The maximum Gasteiger partial charge on any atom is 0.302 e. The molecule has 0 N–H and O–H groups in total. The Balaban J connectivity index is 1.61. The van der Waals surface area contributed by atoms with Crippen LogP contribution in [0.3, 0.4) is 0 Å². The number of fused-ring (bicyclic) bond motifs is 5. The minimum Gasteiger partial charge on any atom is -0.462 e. The van der Waals surface area contributed by atoms with Gasteiger partial charge in [-0.2, -0.15) is 5.26 Å². The van der Waals surface area contributed by atoms with E-state index in [4.69, 9.17) is 9.16 Å². The largest absolute Gasteiger partial charge is 0.462 e. The Labute approximate surface area is 183 Å². The molecular weight excluding hydrogens is 390 g/mol. The van der Waals surface area contributed by atoms with E-state index in [0.717, 1.165) is 44.9 Å². The van der Waals surface area contributed by atoms with Gasteiger partial charge in [-0.15, -0.1) is 0 Å². The molecule has 166 valence electrons. The fraction of sp³-hybridized carbons (Fsp3) is 0.840. The van der Waals surface area contributed by atoms with E-state index in [1.807, 2.05) is 0 Å². The van der Waals surface area contributed by atoms with E-state index < -0.39 is 13.9 Å². The zero-order valence-electron chi connectivity index (χ0n) is 19.7. The first kappa shape index (κ1) is 22.1. The van der Waals surface area contributed by atoms with Crippen molar-refractivity contribution >= 4 is 14.3 Å². The van der Waals surface area contributed by atoms with Crippen molar-refractivity contribution in [1.82, 2.24) is 0 Å². The van der Waals surface area contributed by atoms with E-state index in [1.165, 1.54) is 18.9 Å². The zero-order valence-corrected chi connectivity index (χ0v) is 20.7. The summed E-state index contributed by atoms with van der Waals surface area (Å²) in [4.78, 5) is 11.5. The molecule has 0 unspecified atom stereocenters. The Hall–Kier alpha value is -1.12. The molecule has 5 heteroatoms. The van der Waals surface area contributed by atoms with Crippen molar-refractivity contribution < 1.29 is 14.0 Å². The molecule has 0 amide bonds. The normalized spacial score (nSPS) is 45.4. The van der Waals surface area contributed by atoms with Crippen molar-refractivity contribution in [1.29, 1.82) is 5.26 Å². The van der Waals surface area contributed by atoms with E-state index in [0.29, 0.717) is 17.8 Å². The van der Waals surface area contributed by atoms with Gasteiger partial charge in [-0.1, -0.05) is 25.5 Å². The molecule has 4 nitrogen and oxygen atoms in total. The van der Waals surface area contributed by atoms with Crippen molar-refractivity contribution in [2.45, 2.75) is 103 Å². The van der Waals surface area contributed by atoms with Crippen LogP contribution in [-0.4, -0.2) is 26.0 Å². The van der Waals surface area contributed by atoms with Crippen LogP contribution in [0.2, 0.25) is 19.6 Å². The summed E-state index contributed by atoms with van der Waals surface area (Å²) < 4.78 is 12.3. The standard InChI is InChI=1S/C25H39NO3Si/c1-17(27)28-19-9-12-23(2)18(15-19)7-8-20-21(23)10-13-24(3)22(20)11-14-25(24,16-26)29-30(4,5)6/h7,19-22H,8-15H2,1-6H3/t19-,20+,21+,22+,23+,24+,25+/m1/s1. The van der Waals surface area contributed by atoms with Gasteiger partial charge < -0.3 is 9.16 Å². The summed E-state index contributed by atoms with van der Waals surface area (Å²) in [6, 6.07) is 2.71. The smallest absolute Gasteiger partial charge is 0.302 e. The quantitative estimate of drug-likeness (QED) is 0.314. The van der Waals surface area contributed by atoms with Gasteiger partial charge in [0.1, 0.15) is 11.7 Å². The van der Waals surface area contributed by atoms with E-state index in [1.54, 1.807) is 0 Å². The highest BCUT2D eigenvalue weighted by atomic mass is 28.4. The lowest BCUT2D eigenvalue weighted by molar-refractivity contribution is -0.149. The molecular formula is C25H39NO3Si. The van der Waals surface area contributed by atoms with E-state index >= 15 is 0 Å². The Morgan fingerprint density at radius 2 is 1.83 bits per heavy atom. The van der Waals surface area contributed by atoms with Crippen molar-refractivity contribution in [3.8, 4) is 6.07 Å². The molecule has 30 heavy (non-hydrogen) atoms. The Morgan fingerprint density at radius 1 is 1.13 bits per heavy atom. The van der Waals surface area contributed by atoms with Gasteiger partial charge in [-0.25, -0.2) is 0 Å². The number of carbonyl (C=O) groups excluding carboxylic acids is 1. The van der Waals surface area contributed by atoms with Gasteiger partial charge in [-0.05, 0) is 87.8 Å². The lowest BCUT2D eigenvalue weighted by Gasteiger charge is -2.59. The SMILES string of the molecule is CC(=O)O[C@@H]1CC[C@@]2(C)C(=CC[C@H]3[C@@H]2CC[C@@]2(C)[C@H]3CC[C@@]2(C#N)O[Si](C)(C)C)C1. The van der Waals surface area contributed by atoms with E-state index in [2.05, 4.69) is 45.6 Å². The van der Waals surface area contributed by atoms with E-state index in [-0.39, 0.29) is 22.9 Å². The molecule has 0 heterocycles. The van der Waals surface area contributed by atoms with Crippen LogP contribution in [-0.2, 0) is 14.0 Å². The summed E-state index contributed by atoms with van der Waals surface area (Å²) in [6.07, 6.45) is 10.9. The van der Waals surface area contributed by atoms with Gasteiger partial charge in [0.05, 0.1) is 6.07 Å². The summed E-state index contributed by atoms with van der Waals surface area (Å²) >= 11 is 0. The second-order valence-electron chi connectivity index (χ2n) is 11.9. The van der Waals surface area contributed by atoms with Crippen molar-refractivity contribution in [3.63, 3.8) is 0 Å². The van der Waals surface area contributed by atoms with Crippen LogP contribution >= 0.6 is 0 Å². The lowest BCUT2D eigenvalue weighted by Crippen LogP contribution is -2.57. The zero-order chi connectivity index (χ0) is 21.9. The molecule has 7 atom stereocenters. The number of nitriles is 1. The number of esters is 1. The van der Waals surface area contributed by atoms with E-state index in [9.17, 15) is 10.1 Å². The van der Waals surface area contributed by atoms with Gasteiger partial charge in [-0.3, -0.25) is 4.79 Å². The Morgan fingerprint density at radius 3 is 2.47 bits per heavy atom. The molecule has 0 saturated heterocycles. The third-order valence-corrected chi connectivity index (χ3v) is 10.1. The molecule has 4 aliphatic rings. The molecule has 0 spiro atoms. The number of ether oxygens (including phenoxy) is 1. The van der Waals surface area contributed by atoms with Crippen LogP contribution in [0.15, 0.2) is 11.6 Å². The molecule has 0 aliphatic heterocycles. The van der Waals surface area contributed by atoms with Gasteiger partial charge >= 0.3 is 5.97 Å². The molecule has 4 rings (SSSR count). The first-order chi connectivity index (χ1) is 13.9. The number of rotatable bonds is 3. The molecule has 3 saturated carbocycles. The fourth-order valence-corrected chi connectivity index (χ4v) is 9.28. The summed E-state index contributed by atoms with van der Waals surface area (Å²) in [5.41, 5.74) is 1.09. The number of hydrogen-bond donors (Lipinski definition) is 0. The third kappa shape index (κ3) is 3.30. The van der Waals surface area contributed by atoms with Crippen LogP contribution in [0, 0.1) is 39.9 Å². The molecule has 0 radical (unpaired) electrons. The third-order valence-electron chi connectivity index (χ3n) is 9.17. The maximum absolute atomic E-state index is 11.5. The number of hydrogen-bond acceptors (Lipinski definition) is 4. The predicted octanol–water partition coefficient (Wildman–Crippen LogP) is 5.99. The molecule has 3 fully saturated rings. The van der Waals surface area contributed by atoms with Gasteiger partial charge in [0.2, 0.25) is 0 Å². The van der Waals surface area contributed by atoms with Crippen molar-refractivity contribution in [3.05, 3.63) is 11.6 Å².